The van der Waals surface area contributed by atoms with Gasteiger partial charge in [-0.3, -0.25) is 25.0 Å². The molecule has 0 spiro atoms. The fraction of sp³-hybridized carbons (Fsp3) is 0.217. The summed E-state index contributed by atoms with van der Waals surface area (Å²) in [6, 6.07) is 7.10. The quantitative estimate of drug-likeness (QED) is 0.420. The number of hydrogen-bond acceptors (Lipinski definition) is 9. The Morgan fingerprint density at radius 3 is 2.83 bits per heavy atom. The molecule has 35 heavy (non-hydrogen) atoms. The van der Waals surface area contributed by atoms with Crippen LogP contribution in [0.1, 0.15) is 31.5 Å². The highest BCUT2D eigenvalue weighted by atomic mass is 32.1. The molecular weight excluding hydrogens is 470 g/mol. The Hall–Kier alpha value is -4.32. The minimum Gasteiger partial charge on any atom is -0.497 e. The summed E-state index contributed by atoms with van der Waals surface area (Å²) in [5.41, 5.74) is 2.75. The maximum atomic E-state index is 13.2. The number of thiazole rings is 1. The number of amides is 2. The lowest BCUT2D eigenvalue weighted by molar-refractivity contribution is 0.0730. The van der Waals surface area contributed by atoms with Crippen molar-refractivity contribution in [3.8, 4) is 22.8 Å². The Balaban J connectivity index is 1.30. The van der Waals surface area contributed by atoms with Crippen LogP contribution in [0.3, 0.4) is 0 Å². The molecule has 0 unspecified atom stereocenters. The monoisotopic (exact) mass is 491 g/mol. The molecule has 3 aromatic heterocycles. The number of anilines is 1. The molecule has 0 atom stereocenters. The molecule has 4 heterocycles. The molecule has 0 radical (unpaired) electrons. The Morgan fingerprint density at radius 1 is 1.17 bits per heavy atom. The molecule has 0 fully saturated rings. The number of nitrogens with zero attached hydrogens (tertiary/aromatic N) is 5. The number of methoxy groups -OCH3 is 2. The van der Waals surface area contributed by atoms with Gasteiger partial charge >= 0.3 is 0 Å². The fourth-order valence-electron chi connectivity index (χ4n) is 3.75. The first-order valence-corrected chi connectivity index (χ1v) is 11.5. The predicted octanol–water partition coefficient (Wildman–Crippen LogP) is 2.79. The van der Waals surface area contributed by atoms with Crippen molar-refractivity contribution >= 4 is 28.3 Å². The van der Waals surface area contributed by atoms with Gasteiger partial charge in [0, 0.05) is 35.8 Å². The molecule has 178 valence electrons. The number of carbonyl (C=O) groups excluding carboxylic acids is 2. The maximum Gasteiger partial charge on any atom is 0.277 e. The smallest absolute Gasteiger partial charge is 0.277 e. The van der Waals surface area contributed by atoms with Crippen molar-refractivity contribution in [2.75, 3.05) is 26.1 Å². The largest absolute Gasteiger partial charge is 0.497 e. The van der Waals surface area contributed by atoms with E-state index in [0.717, 1.165) is 10.6 Å². The third-order valence-electron chi connectivity index (χ3n) is 5.53. The number of H-pyrrole nitrogens is 1. The summed E-state index contributed by atoms with van der Waals surface area (Å²) in [6.45, 7) is 0.896. The topological polar surface area (TPSA) is 135 Å². The third kappa shape index (κ3) is 4.55. The summed E-state index contributed by atoms with van der Waals surface area (Å²) in [6.07, 6.45) is 4.93. The highest BCUT2D eigenvalue weighted by Crippen LogP contribution is 2.33. The summed E-state index contributed by atoms with van der Waals surface area (Å²) in [7, 11) is 3.16. The lowest BCUT2D eigenvalue weighted by Gasteiger charge is -2.25. The van der Waals surface area contributed by atoms with E-state index >= 15 is 0 Å². The van der Waals surface area contributed by atoms with E-state index in [2.05, 4.69) is 30.5 Å². The van der Waals surface area contributed by atoms with Gasteiger partial charge in [-0.2, -0.15) is 5.10 Å². The Kier molecular flexibility index (Phi) is 6.10. The Bertz CT molecular complexity index is 1390. The number of fused-ring (bicyclic) bond motifs is 1. The van der Waals surface area contributed by atoms with Gasteiger partial charge in [0.05, 0.1) is 38.3 Å². The molecular formula is C23H21N7O4S. The van der Waals surface area contributed by atoms with Gasteiger partial charge in [-0.1, -0.05) is 11.3 Å². The average Bonchev–Trinajstić information content (AvgIpc) is 3.55. The van der Waals surface area contributed by atoms with E-state index in [1.165, 1.54) is 29.9 Å². The van der Waals surface area contributed by atoms with Gasteiger partial charge in [0.1, 0.15) is 22.9 Å². The number of aromatic nitrogens is 5. The van der Waals surface area contributed by atoms with Gasteiger partial charge in [-0.05, 0) is 24.3 Å². The number of ether oxygens (including phenoxy) is 2. The lowest BCUT2D eigenvalue weighted by Crippen LogP contribution is -2.35. The van der Waals surface area contributed by atoms with Gasteiger partial charge < -0.3 is 14.4 Å². The van der Waals surface area contributed by atoms with E-state index in [0.29, 0.717) is 53.1 Å². The highest BCUT2D eigenvalue weighted by Gasteiger charge is 2.27. The molecule has 0 bridgehead atoms. The zero-order valence-corrected chi connectivity index (χ0v) is 19.8. The summed E-state index contributed by atoms with van der Waals surface area (Å²) < 4.78 is 10.7. The van der Waals surface area contributed by atoms with Crippen molar-refractivity contribution in [2.45, 2.75) is 13.0 Å². The highest BCUT2D eigenvalue weighted by molar-refractivity contribution is 7.15. The number of nitrogens with one attached hydrogen (secondary N) is 2. The van der Waals surface area contributed by atoms with E-state index in [-0.39, 0.29) is 17.5 Å². The number of hydrogen-bond donors (Lipinski definition) is 2. The summed E-state index contributed by atoms with van der Waals surface area (Å²) in [5.74, 6) is 0.733. The van der Waals surface area contributed by atoms with Crippen LogP contribution in [0.15, 0.2) is 42.9 Å². The summed E-state index contributed by atoms with van der Waals surface area (Å²) in [5, 5.41) is 10.4. The van der Waals surface area contributed by atoms with Gasteiger partial charge in [0.25, 0.3) is 11.8 Å². The van der Waals surface area contributed by atoms with Gasteiger partial charge in [0.2, 0.25) is 0 Å². The molecule has 0 aliphatic carbocycles. The van der Waals surface area contributed by atoms with Crippen molar-refractivity contribution in [2.24, 2.45) is 0 Å². The van der Waals surface area contributed by atoms with Crippen molar-refractivity contribution in [3.63, 3.8) is 0 Å². The number of carbonyl (C=O) groups is 2. The van der Waals surface area contributed by atoms with Crippen molar-refractivity contribution in [1.82, 2.24) is 30.0 Å². The molecule has 2 N–H and O–H groups in total. The minimum atomic E-state index is -0.380. The average molecular weight is 492 g/mol. The van der Waals surface area contributed by atoms with Crippen LogP contribution in [-0.2, 0) is 13.0 Å². The SMILES string of the molecule is COc1ccc(OC)c(-c2cc(C(=O)N3CCc4nc(NC(=O)c5cnccn5)sc4C3)[nH]n2)c1. The molecule has 0 saturated carbocycles. The number of rotatable bonds is 6. The minimum absolute atomic E-state index is 0.171. The van der Waals surface area contributed by atoms with Crippen LogP contribution in [-0.4, -0.2) is 62.6 Å². The lowest BCUT2D eigenvalue weighted by atomic mass is 10.1. The molecule has 2 amide bonds. The Labute approximate surface area is 204 Å². The zero-order valence-electron chi connectivity index (χ0n) is 18.9. The first-order valence-electron chi connectivity index (χ1n) is 10.7. The molecule has 11 nitrogen and oxygen atoms in total. The van der Waals surface area contributed by atoms with E-state index in [1.54, 1.807) is 37.3 Å². The molecule has 1 aliphatic heterocycles. The van der Waals surface area contributed by atoms with Gasteiger partial charge in [-0.15, -0.1) is 0 Å². The first-order chi connectivity index (χ1) is 17.1. The molecule has 1 aromatic carbocycles. The van der Waals surface area contributed by atoms with Crippen LogP contribution >= 0.6 is 11.3 Å². The molecule has 4 aromatic rings. The van der Waals surface area contributed by atoms with Crippen LogP contribution in [0, 0.1) is 0 Å². The second-order valence-electron chi connectivity index (χ2n) is 7.64. The first kappa shape index (κ1) is 22.5. The maximum absolute atomic E-state index is 13.2. The van der Waals surface area contributed by atoms with E-state index in [1.807, 2.05) is 6.07 Å². The van der Waals surface area contributed by atoms with E-state index < -0.39 is 0 Å². The molecule has 1 aliphatic rings. The van der Waals surface area contributed by atoms with E-state index in [4.69, 9.17) is 9.47 Å². The second-order valence-corrected chi connectivity index (χ2v) is 8.73. The summed E-state index contributed by atoms with van der Waals surface area (Å²) >= 11 is 1.34. The second kappa shape index (κ2) is 9.50. The van der Waals surface area contributed by atoms with Crippen LogP contribution in [0.5, 0.6) is 11.5 Å². The molecule has 5 rings (SSSR count). The van der Waals surface area contributed by atoms with Crippen LogP contribution in [0.2, 0.25) is 0 Å². The molecule has 12 heteroatoms. The van der Waals surface area contributed by atoms with Crippen LogP contribution in [0.4, 0.5) is 5.13 Å². The fourth-order valence-corrected chi connectivity index (χ4v) is 4.77. The van der Waals surface area contributed by atoms with E-state index in [9.17, 15) is 9.59 Å². The number of benzene rings is 1. The van der Waals surface area contributed by atoms with Crippen molar-refractivity contribution in [1.29, 1.82) is 0 Å². The normalized spacial score (nSPS) is 12.7. The molecule has 0 saturated heterocycles. The standard InChI is InChI=1S/C23H21N7O4S/c1-33-13-3-4-19(34-2)14(9-13)16-10-17(29-28-16)22(32)30-8-5-15-20(12-30)35-23(26-15)27-21(31)18-11-24-6-7-25-18/h3-4,6-7,9-11H,5,8,12H2,1-2H3,(H,28,29)(H,26,27,31). The van der Waals surface area contributed by atoms with Gasteiger partial charge in [0.15, 0.2) is 5.13 Å². The summed E-state index contributed by atoms with van der Waals surface area (Å²) in [4.78, 5) is 40.6. The van der Waals surface area contributed by atoms with Crippen molar-refractivity contribution in [3.05, 3.63) is 64.8 Å². The van der Waals surface area contributed by atoms with Crippen LogP contribution < -0.4 is 14.8 Å². The predicted molar refractivity (Wildman–Crippen MR) is 128 cm³/mol. The van der Waals surface area contributed by atoms with Crippen LogP contribution in [0.25, 0.3) is 11.3 Å². The Morgan fingerprint density at radius 2 is 2.06 bits per heavy atom. The number of aromatic amines is 1. The van der Waals surface area contributed by atoms with Gasteiger partial charge in [-0.25, -0.2) is 9.97 Å². The third-order valence-corrected chi connectivity index (χ3v) is 6.52. The zero-order chi connectivity index (χ0) is 24.4. The van der Waals surface area contributed by atoms with Crippen molar-refractivity contribution < 1.29 is 19.1 Å².